The molecule has 0 aliphatic carbocycles. The summed E-state index contributed by atoms with van der Waals surface area (Å²) in [5.74, 6) is -0.0665. The monoisotopic (exact) mass is 380 g/mol. The molecule has 1 aliphatic heterocycles. The van der Waals surface area contributed by atoms with Crippen molar-refractivity contribution in [2.45, 2.75) is 32.1 Å². The molecule has 7 heteroatoms. The van der Waals surface area contributed by atoms with Crippen molar-refractivity contribution in [1.82, 2.24) is 10.2 Å². The van der Waals surface area contributed by atoms with Crippen LogP contribution in [0.15, 0.2) is 24.3 Å². The summed E-state index contributed by atoms with van der Waals surface area (Å²) in [5.41, 5.74) is 6.56. The molecule has 0 bridgehead atoms. The molecule has 26 heavy (non-hydrogen) atoms. The van der Waals surface area contributed by atoms with E-state index in [2.05, 4.69) is 10.2 Å². The second-order valence-electron chi connectivity index (χ2n) is 6.57. The SMILES string of the molecule is NCCCCCCC(=O)NCC(=O)N1CCN(c2ccc(Cl)cc2)CC1. The predicted octanol–water partition coefficient (Wildman–Crippen LogP) is 2.01. The van der Waals surface area contributed by atoms with E-state index in [9.17, 15) is 9.59 Å². The Labute approximate surface area is 160 Å². The topological polar surface area (TPSA) is 78.7 Å². The van der Waals surface area contributed by atoms with Gasteiger partial charge in [-0.15, -0.1) is 0 Å². The fraction of sp³-hybridized carbons (Fsp3) is 0.579. The van der Waals surface area contributed by atoms with Crippen LogP contribution in [-0.2, 0) is 9.59 Å². The van der Waals surface area contributed by atoms with Gasteiger partial charge in [0.15, 0.2) is 0 Å². The van der Waals surface area contributed by atoms with E-state index in [0.717, 1.165) is 49.5 Å². The highest BCUT2D eigenvalue weighted by Crippen LogP contribution is 2.19. The Kier molecular flexibility index (Phi) is 8.71. The van der Waals surface area contributed by atoms with Crippen LogP contribution >= 0.6 is 11.6 Å². The molecule has 144 valence electrons. The van der Waals surface area contributed by atoms with E-state index in [1.165, 1.54) is 0 Å². The van der Waals surface area contributed by atoms with Crippen molar-refractivity contribution in [3.63, 3.8) is 0 Å². The number of nitrogens with two attached hydrogens (primary N) is 1. The molecule has 1 aromatic rings. The molecule has 1 fully saturated rings. The summed E-state index contributed by atoms with van der Waals surface area (Å²) in [5, 5.41) is 3.46. The number of carbonyl (C=O) groups is 2. The molecule has 1 heterocycles. The molecule has 0 atom stereocenters. The van der Waals surface area contributed by atoms with Crippen molar-refractivity contribution < 1.29 is 9.59 Å². The highest BCUT2D eigenvalue weighted by Gasteiger charge is 2.21. The average molecular weight is 381 g/mol. The standard InChI is InChI=1S/C19H29ClN4O2/c20-16-6-8-17(9-7-16)23-11-13-24(14-12-23)19(26)15-22-18(25)5-3-1-2-4-10-21/h6-9H,1-5,10-15,21H2,(H,22,25). The minimum absolute atomic E-state index is 0.0164. The van der Waals surface area contributed by atoms with Gasteiger partial charge in [0.05, 0.1) is 6.54 Å². The predicted molar refractivity (Wildman–Crippen MR) is 105 cm³/mol. The van der Waals surface area contributed by atoms with Gasteiger partial charge in [-0.2, -0.15) is 0 Å². The molecule has 0 spiro atoms. The smallest absolute Gasteiger partial charge is 0.242 e. The molecule has 1 aliphatic rings. The number of halogens is 1. The number of rotatable bonds is 9. The first-order chi connectivity index (χ1) is 12.6. The molecule has 2 rings (SSSR count). The van der Waals surface area contributed by atoms with Gasteiger partial charge in [-0.25, -0.2) is 0 Å². The van der Waals surface area contributed by atoms with Crippen LogP contribution in [0.4, 0.5) is 5.69 Å². The number of anilines is 1. The molecule has 6 nitrogen and oxygen atoms in total. The van der Waals surface area contributed by atoms with Crippen molar-refractivity contribution in [3.05, 3.63) is 29.3 Å². The molecule has 0 saturated carbocycles. The van der Waals surface area contributed by atoms with Crippen LogP contribution < -0.4 is 16.0 Å². The second kappa shape index (κ2) is 11.0. The minimum Gasteiger partial charge on any atom is -0.368 e. The van der Waals surface area contributed by atoms with E-state index in [4.69, 9.17) is 17.3 Å². The summed E-state index contributed by atoms with van der Waals surface area (Å²) in [4.78, 5) is 28.1. The third kappa shape index (κ3) is 6.84. The van der Waals surface area contributed by atoms with Gasteiger partial charge < -0.3 is 20.9 Å². The second-order valence-corrected chi connectivity index (χ2v) is 7.01. The highest BCUT2D eigenvalue weighted by molar-refractivity contribution is 6.30. The van der Waals surface area contributed by atoms with Crippen LogP contribution in [0.5, 0.6) is 0 Å². The van der Waals surface area contributed by atoms with Gasteiger partial charge in [0, 0.05) is 43.3 Å². The fourth-order valence-electron chi connectivity index (χ4n) is 3.02. The molecule has 3 N–H and O–H groups in total. The lowest BCUT2D eigenvalue weighted by Crippen LogP contribution is -2.51. The maximum atomic E-state index is 12.3. The van der Waals surface area contributed by atoms with Crippen LogP contribution in [0.3, 0.4) is 0 Å². The lowest BCUT2D eigenvalue weighted by molar-refractivity contribution is -0.133. The summed E-state index contributed by atoms with van der Waals surface area (Å²) in [6.07, 6.45) is 4.38. The van der Waals surface area contributed by atoms with Gasteiger partial charge in [0.2, 0.25) is 11.8 Å². The summed E-state index contributed by atoms with van der Waals surface area (Å²) >= 11 is 5.92. The number of hydrogen-bond donors (Lipinski definition) is 2. The molecular formula is C19H29ClN4O2. The van der Waals surface area contributed by atoms with E-state index in [-0.39, 0.29) is 18.4 Å². The van der Waals surface area contributed by atoms with E-state index in [0.29, 0.717) is 26.1 Å². The first kappa shape index (κ1) is 20.5. The summed E-state index contributed by atoms with van der Waals surface area (Å²) in [7, 11) is 0. The van der Waals surface area contributed by atoms with Crippen LogP contribution in [0.2, 0.25) is 5.02 Å². The maximum absolute atomic E-state index is 12.3. The number of amides is 2. The number of benzene rings is 1. The number of carbonyl (C=O) groups excluding carboxylic acids is 2. The maximum Gasteiger partial charge on any atom is 0.242 e. The van der Waals surface area contributed by atoms with Gasteiger partial charge in [-0.3, -0.25) is 9.59 Å². The molecule has 0 radical (unpaired) electrons. The van der Waals surface area contributed by atoms with Crippen LogP contribution in [-0.4, -0.2) is 56.0 Å². The normalized spacial score (nSPS) is 14.4. The number of unbranched alkanes of at least 4 members (excludes halogenated alkanes) is 3. The zero-order chi connectivity index (χ0) is 18.8. The van der Waals surface area contributed by atoms with Crippen molar-refractivity contribution >= 4 is 29.1 Å². The Morgan fingerprint density at radius 1 is 1.00 bits per heavy atom. The lowest BCUT2D eigenvalue weighted by atomic mass is 10.1. The third-order valence-corrected chi connectivity index (χ3v) is 4.87. The number of nitrogens with one attached hydrogen (secondary N) is 1. The zero-order valence-electron chi connectivity index (χ0n) is 15.3. The van der Waals surface area contributed by atoms with Gasteiger partial charge >= 0.3 is 0 Å². The molecular weight excluding hydrogens is 352 g/mol. The Hall–Kier alpha value is -1.79. The highest BCUT2D eigenvalue weighted by atomic mass is 35.5. The largest absolute Gasteiger partial charge is 0.368 e. The van der Waals surface area contributed by atoms with Crippen LogP contribution in [0, 0.1) is 0 Å². The Bertz CT molecular complexity index is 571. The van der Waals surface area contributed by atoms with Crippen LogP contribution in [0.1, 0.15) is 32.1 Å². The van der Waals surface area contributed by atoms with Crippen molar-refractivity contribution in [2.24, 2.45) is 5.73 Å². The summed E-state index contributed by atoms with van der Waals surface area (Å²) in [6.45, 7) is 3.67. The molecule has 0 unspecified atom stereocenters. The quantitative estimate of drug-likeness (QED) is 0.642. The summed E-state index contributed by atoms with van der Waals surface area (Å²) < 4.78 is 0. The molecule has 2 amide bonds. The Morgan fingerprint density at radius 2 is 1.65 bits per heavy atom. The number of nitrogens with zero attached hydrogens (tertiary/aromatic N) is 2. The zero-order valence-corrected chi connectivity index (χ0v) is 16.0. The summed E-state index contributed by atoms with van der Waals surface area (Å²) in [6, 6.07) is 7.74. The Balaban J connectivity index is 1.63. The van der Waals surface area contributed by atoms with Crippen LogP contribution in [0.25, 0.3) is 0 Å². The van der Waals surface area contributed by atoms with Gasteiger partial charge in [-0.05, 0) is 43.7 Å². The molecule has 1 saturated heterocycles. The van der Waals surface area contributed by atoms with Crippen molar-refractivity contribution in [3.8, 4) is 0 Å². The van der Waals surface area contributed by atoms with E-state index >= 15 is 0 Å². The van der Waals surface area contributed by atoms with E-state index < -0.39 is 0 Å². The fourth-order valence-corrected chi connectivity index (χ4v) is 3.15. The third-order valence-electron chi connectivity index (χ3n) is 4.62. The van der Waals surface area contributed by atoms with E-state index in [1.54, 1.807) is 0 Å². The molecule has 1 aromatic carbocycles. The lowest BCUT2D eigenvalue weighted by Gasteiger charge is -2.36. The number of piperazine rings is 1. The minimum atomic E-state index is -0.0501. The Morgan fingerprint density at radius 3 is 2.31 bits per heavy atom. The molecule has 0 aromatic heterocycles. The van der Waals surface area contributed by atoms with Gasteiger partial charge in [0.1, 0.15) is 0 Å². The van der Waals surface area contributed by atoms with Gasteiger partial charge in [0.25, 0.3) is 0 Å². The van der Waals surface area contributed by atoms with Crippen molar-refractivity contribution in [1.29, 1.82) is 0 Å². The first-order valence-corrected chi connectivity index (χ1v) is 9.73. The average Bonchev–Trinajstić information content (AvgIpc) is 2.66. The van der Waals surface area contributed by atoms with Gasteiger partial charge in [-0.1, -0.05) is 24.4 Å². The van der Waals surface area contributed by atoms with E-state index in [1.807, 2.05) is 29.2 Å². The number of hydrogen-bond acceptors (Lipinski definition) is 4. The van der Waals surface area contributed by atoms with Crippen molar-refractivity contribution in [2.75, 3.05) is 44.2 Å². The first-order valence-electron chi connectivity index (χ1n) is 9.35.